The molecule has 0 aliphatic carbocycles. The van der Waals surface area contributed by atoms with E-state index >= 15 is 0 Å². The molecule has 0 aromatic carbocycles. The average molecular weight is 223 g/mol. The first-order valence-corrected chi connectivity index (χ1v) is 6.06. The summed E-state index contributed by atoms with van der Waals surface area (Å²) in [7, 11) is 3.90. The third-order valence-electron chi connectivity index (χ3n) is 3.45. The van der Waals surface area contributed by atoms with E-state index in [-0.39, 0.29) is 5.54 Å². The van der Waals surface area contributed by atoms with Crippen LogP contribution in [0.15, 0.2) is 0 Å². The molecule has 90 valence electrons. The van der Waals surface area contributed by atoms with Gasteiger partial charge in [-0.05, 0) is 25.8 Å². The van der Waals surface area contributed by atoms with Crippen molar-refractivity contribution in [1.29, 1.82) is 0 Å². The van der Waals surface area contributed by atoms with Crippen molar-refractivity contribution >= 4 is 5.95 Å². The SMILES string of the molecule is CCCC1(c2nnc(NC)n2C)CCCN1. The van der Waals surface area contributed by atoms with Gasteiger partial charge in [-0.15, -0.1) is 10.2 Å². The summed E-state index contributed by atoms with van der Waals surface area (Å²) in [6, 6.07) is 0. The van der Waals surface area contributed by atoms with Crippen LogP contribution in [0.1, 0.15) is 38.4 Å². The lowest BCUT2D eigenvalue weighted by Crippen LogP contribution is -2.39. The molecule has 0 amide bonds. The number of aromatic nitrogens is 3. The van der Waals surface area contributed by atoms with Gasteiger partial charge in [0, 0.05) is 14.1 Å². The Morgan fingerprint density at radius 3 is 2.81 bits per heavy atom. The zero-order chi connectivity index (χ0) is 11.6. The lowest BCUT2D eigenvalue weighted by atomic mass is 9.91. The Balaban J connectivity index is 2.35. The molecular weight excluding hydrogens is 202 g/mol. The number of hydrogen-bond donors (Lipinski definition) is 2. The summed E-state index contributed by atoms with van der Waals surface area (Å²) in [6.07, 6.45) is 4.68. The predicted octanol–water partition coefficient (Wildman–Crippen LogP) is 1.24. The fraction of sp³-hybridized carbons (Fsp3) is 0.818. The van der Waals surface area contributed by atoms with E-state index in [2.05, 4.69) is 32.3 Å². The van der Waals surface area contributed by atoms with Crippen LogP contribution < -0.4 is 10.6 Å². The van der Waals surface area contributed by atoms with E-state index in [4.69, 9.17) is 0 Å². The van der Waals surface area contributed by atoms with E-state index in [0.717, 1.165) is 37.6 Å². The van der Waals surface area contributed by atoms with Crippen molar-refractivity contribution in [2.75, 3.05) is 18.9 Å². The highest BCUT2D eigenvalue weighted by Gasteiger charge is 2.38. The van der Waals surface area contributed by atoms with Crippen LogP contribution in [0.5, 0.6) is 0 Å². The second-order valence-corrected chi connectivity index (χ2v) is 4.52. The fourth-order valence-corrected chi connectivity index (χ4v) is 2.71. The summed E-state index contributed by atoms with van der Waals surface area (Å²) in [4.78, 5) is 0. The van der Waals surface area contributed by atoms with E-state index < -0.39 is 0 Å². The Morgan fingerprint density at radius 1 is 1.50 bits per heavy atom. The lowest BCUT2D eigenvalue weighted by molar-refractivity contribution is 0.325. The molecule has 5 nitrogen and oxygen atoms in total. The van der Waals surface area contributed by atoms with Crippen molar-refractivity contribution in [3.05, 3.63) is 5.82 Å². The van der Waals surface area contributed by atoms with Crippen molar-refractivity contribution in [2.24, 2.45) is 7.05 Å². The summed E-state index contributed by atoms with van der Waals surface area (Å²) < 4.78 is 2.06. The van der Waals surface area contributed by atoms with Crippen molar-refractivity contribution < 1.29 is 0 Å². The van der Waals surface area contributed by atoms with Gasteiger partial charge in [0.1, 0.15) is 0 Å². The minimum Gasteiger partial charge on any atom is -0.357 e. The third kappa shape index (κ3) is 1.69. The summed E-state index contributed by atoms with van der Waals surface area (Å²) >= 11 is 0. The van der Waals surface area contributed by atoms with Gasteiger partial charge in [-0.3, -0.25) is 4.57 Å². The Kier molecular flexibility index (Phi) is 3.14. The topological polar surface area (TPSA) is 54.8 Å². The molecule has 0 saturated carbocycles. The van der Waals surface area contributed by atoms with Crippen LogP contribution in [0.4, 0.5) is 5.95 Å². The van der Waals surface area contributed by atoms with E-state index in [1.165, 1.54) is 6.42 Å². The molecule has 0 spiro atoms. The summed E-state index contributed by atoms with van der Waals surface area (Å²) in [5.74, 6) is 1.90. The monoisotopic (exact) mass is 223 g/mol. The average Bonchev–Trinajstić information content (AvgIpc) is 2.86. The molecule has 1 aromatic heterocycles. The Labute approximate surface area is 96.6 Å². The smallest absolute Gasteiger partial charge is 0.224 e. The number of nitrogens with zero attached hydrogens (tertiary/aromatic N) is 3. The molecule has 2 rings (SSSR count). The first-order chi connectivity index (χ1) is 7.73. The molecular formula is C11H21N5. The van der Waals surface area contributed by atoms with Crippen molar-refractivity contribution in [1.82, 2.24) is 20.1 Å². The largest absolute Gasteiger partial charge is 0.357 e. The van der Waals surface area contributed by atoms with Crippen LogP contribution in [0.2, 0.25) is 0 Å². The van der Waals surface area contributed by atoms with Crippen LogP contribution >= 0.6 is 0 Å². The second-order valence-electron chi connectivity index (χ2n) is 4.52. The van der Waals surface area contributed by atoms with Gasteiger partial charge in [0.2, 0.25) is 5.95 Å². The van der Waals surface area contributed by atoms with E-state index in [0.29, 0.717) is 0 Å². The predicted molar refractivity (Wildman–Crippen MR) is 64.4 cm³/mol. The van der Waals surface area contributed by atoms with Crippen LogP contribution in [0.25, 0.3) is 0 Å². The normalized spacial score (nSPS) is 24.9. The quantitative estimate of drug-likeness (QED) is 0.806. The van der Waals surface area contributed by atoms with Crippen molar-refractivity contribution in [3.8, 4) is 0 Å². The molecule has 0 radical (unpaired) electrons. The third-order valence-corrected chi connectivity index (χ3v) is 3.45. The van der Waals surface area contributed by atoms with Crippen LogP contribution in [-0.2, 0) is 12.6 Å². The second kappa shape index (κ2) is 4.41. The first kappa shape index (κ1) is 11.4. The Bertz CT molecular complexity index is 351. The highest BCUT2D eigenvalue weighted by Crippen LogP contribution is 2.34. The molecule has 1 fully saturated rings. The Hall–Kier alpha value is -1.10. The fourth-order valence-electron chi connectivity index (χ4n) is 2.71. The molecule has 1 aromatic rings. The van der Waals surface area contributed by atoms with Gasteiger partial charge in [-0.25, -0.2) is 0 Å². The van der Waals surface area contributed by atoms with Gasteiger partial charge < -0.3 is 10.6 Å². The summed E-state index contributed by atoms with van der Waals surface area (Å²) in [6.45, 7) is 3.30. The van der Waals surface area contributed by atoms with Gasteiger partial charge in [0.15, 0.2) is 5.82 Å². The lowest BCUT2D eigenvalue weighted by Gasteiger charge is -2.28. The first-order valence-electron chi connectivity index (χ1n) is 6.06. The molecule has 1 aliphatic rings. The maximum absolute atomic E-state index is 4.35. The van der Waals surface area contributed by atoms with Gasteiger partial charge in [0.05, 0.1) is 5.54 Å². The van der Waals surface area contributed by atoms with Crippen LogP contribution in [-0.4, -0.2) is 28.4 Å². The minimum atomic E-state index is 0.0472. The zero-order valence-corrected chi connectivity index (χ0v) is 10.4. The maximum atomic E-state index is 4.35. The standard InChI is InChI=1S/C11H21N5/c1-4-6-11(7-5-8-13-11)9-14-15-10(12-2)16(9)3/h13H,4-8H2,1-3H3,(H,12,15). The van der Waals surface area contributed by atoms with Crippen molar-refractivity contribution in [2.45, 2.75) is 38.1 Å². The molecule has 1 aliphatic heterocycles. The number of anilines is 1. The van der Waals surface area contributed by atoms with Crippen LogP contribution in [0, 0.1) is 0 Å². The highest BCUT2D eigenvalue weighted by atomic mass is 15.4. The van der Waals surface area contributed by atoms with E-state index in [9.17, 15) is 0 Å². The minimum absolute atomic E-state index is 0.0472. The van der Waals surface area contributed by atoms with E-state index in [1.807, 2.05) is 14.1 Å². The molecule has 2 N–H and O–H groups in total. The number of rotatable bonds is 4. The summed E-state index contributed by atoms with van der Waals surface area (Å²) in [5.41, 5.74) is 0.0472. The van der Waals surface area contributed by atoms with Gasteiger partial charge in [-0.2, -0.15) is 0 Å². The molecule has 1 atom stereocenters. The molecule has 16 heavy (non-hydrogen) atoms. The van der Waals surface area contributed by atoms with Gasteiger partial charge >= 0.3 is 0 Å². The van der Waals surface area contributed by atoms with Crippen molar-refractivity contribution in [3.63, 3.8) is 0 Å². The number of nitrogens with one attached hydrogen (secondary N) is 2. The molecule has 5 heteroatoms. The van der Waals surface area contributed by atoms with Gasteiger partial charge in [0.25, 0.3) is 0 Å². The molecule has 0 bridgehead atoms. The summed E-state index contributed by atoms with van der Waals surface area (Å²) in [5, 5.41) is 15.2. The Morgan fingerprint density at radius 2 is 2.31 bits per heavy atom. The molecule has 1 unspecified atom stereocenters. The van der Waals surface area contributed by atoms with Gasteiger partial charge in [-0.1, -0.05) is 13.3 Å². The zero-order valence-electron chi connectivity index (χ0n) is 10.4. The maximum Gasteiger partial charge on any atom is 0.224 e. The molecule has 1 saturated heterocycles. The van der Waals surface area contributed by atoms with E-state index in [1.54, 1.807) is 0 Å². The molecule has 2 heterocycles. The highest BCUT2D eigenvalue weighted by molar-refractivity contribution is 5.27. The number of hydrogen-bond acceptors (Lipinski definition) is 4. The van der Waals surface area contributed by atoms with Crippen LogP contribution in [0.3, 0.4) is 0 Å².